The Morgan fingerprint density at radius 1 is 1.21 bits per heavy atom. The first-order chi connectivity index (χ1) is 16.1. The molecule has 0 saturated carbocycles. The molecule has 33 heavy (non-hydrogen) atoms. The third-order valence-corrected chi connectivity index (χ3v) is 7.82. The topological polar surface area (TPSA) is 120 Å². The summed E-state index contributed by atoms with van der Waals surface area (Å²) in [5.74, 6) is 1.69. The smallest absolute Gasteiger partial charge is 0.179 e. The van der Waals surface area contributed by atoms with E-state index in [9.17, 15) is 5.26 Å². The minimum Gasteiger partial charge on any atom is -0.376 e. The van der Waals surface area contributed by atoms with Gasteiger partial charge in [-0.2, -0.15) is 10.4 Å². The number of H-pyrrole nitrogens is 1. The Balaban J connectivity index is 1.20. The Hall–Kier alpha value is -3.22. The Bertz CT molecular complexity index is 1240. The van der Waals surface area contributed by atoms with Crippen LogP contribution < -0.4 is 15.5 Å². The summed E-state index contributed by atoms with van der Waals surface area (Å²) >= 11 is 0. The van der Waals surface area contributed by atoms with Gasteiger partial charge in [0.25, 0.3) is 0 Å². The zero-order chi connectivity index (χ0) is 22.6. The molecule has 6 rings (SSSR count). The number of benzene rings is 1. The molecule has 2 aromatic heterocycles. The van der Waals surface area contributed by atoms with E-state index < -0.39 is 0 Å². The molecule has 9 nitrogen and oxygen atoms in total. The molecule has 3 N–H and O–H groups in total. The number of hydrogen-bond acceptors (Lipinski definition) is 8. The molecule has 2 atom stereocenters. The highest BCUT2D eigenvalue weighted by Gasteiger charge is 2.47. The highest BCUT2D eigenvalue weighted by molar-refractivity contribution is 5.84. The van der Waals surface area contributed by atoms with Crippen LogP contribution in [0.5, 0.6) is 0 Å². The highest BCUT2D eigenvalue weighted by Crippen LogP contribution is 2.41. The van der Waals surface area contributed by atoms with Crippen molar-refractivity contribution in [1.29, 1.82) is 5.26 Å². The van der Waals surface area contributed by atoms with E-state index in [2.05, 4.69) is 39.1 Å². The van der Waals surface area contributed by atoms with E-state index in [1.807, 2.05) is 18.3 Å². The maximum atomic E-state index is 9.23. The van der Waals surface area contributed by atoms with E-state index in [0.717, 1.165) is 62.7 Å². The van der Waals surface area contributed by atoms with Gasteiger partial charge in [0.1, 0.15) is 5.82 Å². The average molecular weight is 445 g/mol. The van der Waals surface area contributed by atoms with Gasteiger partial charge in [0.2, 0.25) is 0 Å². The quantitative estimate of drug-likeness (QED) is 0.617. The maximum Gasteiger partial charge on any atom is 0.179 e. The van der Waals surface area contributed by atoms with Crippen molar-refractivity contribution < 1.29 is 4.74 Å². The van der Waals surface area contributed by atoms with E-state index in [0.29, 0.717) is 17.8 Å². The van der Waals surface area contributed by atoms with Crippen LogP contribution in [0.4, 0.5) is 11.6 Å². The molecule has 3 aromatic rings. The number of nitriles is 1. The first kappa shape index (κ1) is 20.4. The summed E-state index contributed by atoms with van der Waals surface area (Å²) in [5, 5.41) is 16.9. The summed E-state index contributed by atoms with van der Waals surface area (Å²) < 4.78 is 5.85. The fourth-order valence-electron chi connectivity index (χ4n) is 5.61. The molecule has 5 heterocycles. The number of fused-ring (bicyclic) bond motifs is 2. The number of rotatable bonds is 2. The van der Waals surface area contributed by atoms with Crippen LogP contribution in [0.2, 0.25) is 0 Å². The zero-order valence-corrected chi connectivity index (χ0v) is 18.8. The predicted octanol–water partition coefficient (Wildman–Crippen LogP) is 2.12. The van der Waals surface area contributed by atoms with Crippen molar-refractivity contribution in [2.45, 2.75) is 44.9 Å². The second-order valence-electron chi connectivity index (χ2n) is 9.63. The summed E-state index contributed by atoms with van der Waals surface area (Å²) in [5.41, 5.74) is 11.2. The molecule has 0 aliphatic carbocycles. The van der Waals surface area contributed by atoms with Crippen LogP contribution in [0.25, 0.3) is 11.2 Å². The Morgan fingerprint density at radius 3 is 2.82 bits per heavy atom. The molecule has 2 saturated heterocycles. The minimum absolute atomic E-state index is 0.0879. The van der Waals surface area contributed by atoms with Gasteiger partial charge < -0.3 is 20.3 Å². The summed E-state index contributed by atoms with van der Waals surface area (Å²) in [6, 6.07) is 8.26. The fourth-order valence-corrected chi connectivity index (χ4v) is 5.61. The molecule has 0 radical (unpaired) electrons. The van der Waals surface area contributed by atoms with Gasteiger partial charge in [-0.1, -0.05) is 6.07 Å². The molecule has 2 fully saturated rings. The molecule has 170 valence electrons. The number of piperidine rings is 1. The van der Waals surface area contributed by atoms with Gasteiger partial charge >= 0.3 is 0 Å². The number of hydrogen-bond donors (Lipinski definition) is 2. The molecule has 0 amide bonds. The molecule has 0 bridgehead atoms. The van der Waals surface area contributed by atoms with Gasteiger partial charge in [0, 0.05) is 37.6 Å². The number of nitrogens with one attached hydrogen (secondary N) is 1. The summed E-state index contributed by atoms with van der Waals surface area (Å²) in [6.45, 7) is 6.20. The lowest BCUT2D eigenvalue weighted by atomic mass is 9.73. The molecular formula is C24H28N8O. The molecule has 1 aromatic carbocycles. The van der Waals surface area contributed by atoms with Crippen molar-refractivity contribution >= 4 is 22.8 Å². The summed E-state index contributed by atoms with van der Waals surface area (Å²) in [6.07, 6.45) is 4.92. The van der Waals surface area contributed by atoms with Crippen molar-refractivity contribution in [3.63, 3.8) is 0 Å². The Labute approximate surface area is 192 Å². The minimum atomic E-state index is 0.0879. The van der Waals surface area contributed by atoms with Gasteiger partial charge in [0.15, 0.2) is 17.0 Å². The molecule has 3 aliphatic heterocycles. The fraction of sp³-hybridized carbons (Fsp3) is 0.500. The molecular weight excluding hydrogens is 416 g/mol. The van der Waals surface area contributed by atoms with Gasteiger partial charge in [-0.05, 0) is 49.4 Å². The van der Waals surface area contributed by atoms with Crippen molar-refractivity contribution in [2.24, 2.45) is 11.1 Å². The van der Waals surface area contributed by atoms with E-state index in [1.165, 1.54) is 11.1 Å². The lowest BCUT2D eigenvalue weighted by Gasteiger charge is -2.41. The molecule has 1 spiro atoms. The lowest BCUT2D eigenvalue weighted by molar-refractivity contribution is 0.0974. The monoisotopic (exact) mass is 444 g/mol. The SMILES string of the molecule is C[C@@H]1OCC2(CCN(c3cnc4c(N5CCc6ccc(C#N)cc6C5)n[nH]c4n3)CC2)[C@@H]1N. The lowest BCUT2D eigenvalue weighted by Crippen LogP contribution is -2.50. The molecule has 3 aliphatic rings. The van der Waals surface area contributed by atoms with Gasteiger partial charge in [0.05, 0.1) is 30.5 Å². The van der Waals surface area contributed by atoms with Crippen LogP contribution in [0.3, 0.4) is 0 Å². The maximum absolute atomic E-state index is 9.23. The van der Waals surface area contributed by atoms with Crippen molar-refractivity contribution in [1.82, 2.24) is 20.2 Å². The Kier molecular flexibility index (Phi) is 4.75. The summed E-state index contributed by atoms with van der Waals surface area (Å²) in [7, 11) is 0. The van der Waals surface area contributed by atoms with Crippen molar-refractivity contribution in [3.8, 4) is 6.07 Å². The number of nitrogens with zero attached hydrogens (tertiary/aromatic N) is 6. The largest absolute Gasteiger partial charge is 0.376 e. The standard InChI is InChI=1S/C24H28N8O/c1-15-21(26)24(14-33-15)5-8-31(9-6-24)19-12-27-20-22(28-19)29-30-23(20)32-7-4-17-3-2-16(11-25)10-18(17)13-32/h2-3,10,12,15,21H,4-9,13-14,26H2,1H3,(H,28,29,30)/t15-,21+/m0/s1. The summed E-state index contributed by atoms with van der Waals surface area (Å²) in [4.78, 5) is 14.1. The van der Waals surface area contributed by atoms with Crippen LogP contribution >= 0.6 is 0 Å². The van der Waals surface area contributed by atoms with E-state index in [1.54, 1.807) is 0 Å². The van der Waals surface area contributed by atoms with Crippen molar-refractivity contribution in [2.75, 3.05) is 36.0 Å². The number of aromatic amines is 1. The van der Waals surface area contributed by atoms with Crippen LogP contribution in [0.15, 0.2) is 24.4 Å². The van der Waals surface area contributed by atoms with E-state index in [4.69, 9.17) is 20.4 Å². The van der Waals surface area contributed by atoms with Crippen LogP contribution in [-0.2, 0) is 17.7 Å². The van der Waals surface area contributed by atoms with E-state index in [-0.39, 0.29) is 17.6 Å². The van der Waals surface area contributed by atoms with Crippen LogP contribution in [0, 0.1) is 16.7 Å². The predicted molar refractivity (Wildman–Crippen MR) is 125 cm³/mol. The average Bonchev–Trinajstić information content (AvgIpc) is 3.40. The first-order valence-electron chi connectivity index (χ1n) is 11.7. The first-order valence-corrected chi connectivity index (χ1v) is 11.7. The number of anilines is 2. The van der Waals surface area contributed by atoms with Crippen LogP contribution in [-0.4, -0.2) is 58.6 Å². The molecule has 9 heteroatoms. The highest BCUT2D eigenvalue weighted by atomic mass is 16.5. The van der Waals surface area contributed by atoms with Crippen molar-refractivity contribution in [3.05, 3.63) is 41.1 Å². The third kappa shape index (κ3) is 3.33. The third-order valence-electron chi connectivity index (χ3n) is 7.82. The number of nitrogens with two attached hydrogens (primary N) is 1. The Morgan fingerprint density at radius 2 is 2.06 bits per heavy atom. The van der Waals surface area contributed by atoms with Crippen LogP contribution in [0.1, 0.15) is 36.5 Å². The molecule has 0 unspecified atom stereocenters. The van der Waals surface area contributed by atoms with Gasteiger partial charge in [-0.3, -0.25) is 5.10 Å². The normalized spacial score (nSPS) is 24.3. The van der Waals surface area contributed by atoms with E-state index >= 15 is 0 Å². The second-order valence-corrected chi connectivity index (χ2v) is 9.63. The van der Waals surface area contributed by atoms with Gasteiger partial charge in [-0.25, -0.2) is 9.97 Å². The number of ether oxygens (including phenoxy) is 1. The van der Waals surface area contributed by atoms with Gasteiger partial charge in [-0.15, -0.1) is 0 Å². The second kappa shape index (κ2) is 7.68. The zero-order valence-electron chi connectivity index (χ0n) is 18.8. The number of aromatic nitrogens is 4.